The molecule has 0 bridgehead atoms. The lowest BCUT2D eigenvalue weighted by Crippen LogP contribution is -2.24. The number of carbonyl (C=O) groups is 1. The third-order valence-electron chi connectivity index (χ3n) is 2.95. The minimum absolute atomic E-state index is 0.0294. The predicted octanol–water partition coefficient (Wildman–Crippen LogP) is 3.43. The maximum absolute atomic E-state index is 12.1. The van der Waals surface area contributed by atoms with E-state index in [-0.39, 0.29) is 5.91 Å². The van der Waals surface area contributed by atoms with Crippen molar-refractivity contribution in [3.05, 3.63) is 35.0 Å². The molecule has 2 aromatic heterocycles. The van der Waals surface area contributed by atoms with Gasteiger partial charge in [0.25, 0.3) is 5.91 Å². The van der Waals surface area contributed by atoms with Gasteiger partial charge in [0, 0.05) is 12.7 Å². The molecule has 0 aliphatic heterocycles. The first kappa shape index (κ1) is 14.7. The number of aryl methyl sites for hydroxylation is 1. The molecule has 0 unspecified atom stereocenters. The average Bonchev–Trinajstić information content (AvgIpc) is 2.86. The zero-order valence-corrected chi connectivity index (χ0v) is 12.7. The van der Waals surface area contributed by atoms with Gasteiger partial charge in [-0.15, -0.1) is 11.3 Å². The van der Waals surface area contributed by atoms with Gasteiger partial charge >= 0.3 is 0 Å². The maximum atomic E-state index is 12.1. The predicted molar refractivity (Wildman–Crippen MR) is 81.9 cm³/mol. The number of hydrogen-bond acceptors (Lipinski definition) is 4. The molecular weight excluding hydrogens is 270 g/mol. The highest BCUT2D eigenvalue weighted by atomic mass is 32.1. The van der Waals surface area contributed by atoms with Gasteiger partial charge in [-0.2, -0.15) is 0 Å². The molecule has 0 aliphatic carbocycles. The Morgan fingerprint density at radius 2 is 2.20 bits per heavy atom. The van der Waals surface area contributed by atoms with E-state index in [1.54, 1.807) is 6.20 Å². The van der Waals surface area contributed by atoms with Crippen LogP contribution in [0, 0.1) is 6.92 Å². The first-order chi connectivity index (χ1) is 9.72. The Morgan fingerprint density at radius 3 is 2.90 bits per heavy atom. The number of aromatic nitrogens is 2. The highest BCUT2D eigenvalue weighted by Crippen LogP contribution is 2.26. The van der Waals surface area contributed by atoms with Gasteiger partial charge < -0.3 is 5.32 Å². The molecular formula is C15H19N3OS. The largest absolute Gasteiger partial charge is 0.351 e. The lowest BCUT2D eigenvalue weighted by atomic mass is 10.2. The summed E-state index contributed by atoms with van der Waals surface area (Å²) in [5.74, 6) is -0.0294. The fourth-order valence-electron chi connectivity index (χ4n) is 1.86. The Hall–Kier alpha value is -1.75. The molecule has 0 aliphatic rings. The summed E-state index contributed by atoms with van der Waals surface area (Å²) in [4.78, 5) is 21.5. The molecule has 2 rings (SSSR count). The van der Waals surface area contributed by atoms with Gasteiger partial charge in [-0.05, 0) is 25.5 Å². The summed E-state index contributed by atoms with van der Waals surface area (Å²) in [6.45, 7) is 4.74. The third-order valence-corrected chi connectivity index (χ3v) is 4.13. The van der Waals surface area contributed by atoms with E-state index >= 15 is 0 Å². The van der Waals surface area contributed by atoms with E-state index in [9.17, 15) is 4.79 Å². The van der Waals surface area contributed by atoms with Crippen molar-refractivity contribution in [3.8, 4) is 10.7 Å². The van der Waals surface area contributed by atoms with Crippen molar-refractivity contribution in [3.63, 3.8) is 0 Å². The second-order valence-corrected chi connectivity index (χ2v) is 5.61. The molecule has 20 heavy (non-hydrogen) atoms. The van der Waals surface area contributed by atoms with Crippen molar-refractivity contribution in [2.24, 2.45) is 0 Å². The van der Waals surface area contributed by atoms with Gasteiger partial charge in [0.05, 0.1) is 11.4 Å². The molecule has 0 radical (unpaired) electrons. The summed E-state index contributed by atoms with van der Waals surface area (Å²) < 4.78 is 0. The maximum Gasteiger partial charge on any atom is 0.263 e. The van der Waals surface area contributed by atoms with E-state index in [0.29, 0.717) is 4.88 Å². The van der Waals surface area contributed by atoms with Gasteiger partial charge in [0.15, 0.2) is 0 Å². The fourth-order valence-corrected chi connectivity index (χ4v) is 2.82. The van der Waals surface area contributed by atoms with Crippen LogP contribution < -0.4 is 5.32 Å². The Kier molecular flexibility index (Phi) is 5.24. The molecule has 1 amide bonds. The minimum Gasteiger partial charge on any atom is -0.351 e. The van der Waals surface area contributed by atoms with Crippen molar-refractivity contribution in [2.75, 3.05) is 6.54 Å². The molecule has 2 aromatic rings. The zero-order valence-electron chi connectivity index (χ0n) is 11.8. The van der Waals surface area contributed by atoms with Crippen LogP contribution >= 0.6 is 11.3 Å². The van der Waals surface area contributed by atoms with E-state index in [1.165, 1.54) is 11.3 Å². The molecule has 0 aromatic carbocycles. The molecule has 1 N–H and O–H groups in total. The SMILES string of the molecule is CCCCCNC(=O)c1sc(-c2ccccn2)nc1C. The van der Waals surface area contributed by atoms with Crippen LogP contribution in [0.2, 0.25) is 0 Å². The number of hydrogen-bond donors (Lipinski definition) is 1. The monoisotopic (exact) mass is 289 g/mol. The summed E-state index contributed by atoms with van der Waals surface area (Å²) in [6, 6.07) is 5.69. The molecule has 0 atom stereocenters. The number of pyridine rings is 1. The Morgan fingerprint density at radius 1 is 1.35 bits per heavy atom. The molecule has 0 saturated carbocycles. The zero-order chi connectivity index (χ0) is 14.4. The van der Waals surface area contributed by atoms with E-state index in [4.69, 9.17) is 0 Å². The minimum atomic E-state index is -0.0294. The molecule has 0 saturated heterocycles. The Labute approximate surface area is 123 Å². The highest BCUT2D eigenvalue weighted by molar-refractivity contribution is 7.17. The summed E-state index contributed by atoms with van der Waals surface area (Å²) in [5, 5.41) is 3.74. The van der Waals surface area contributed by atoms with E-state index in [2.05, 4.69) is 22.2 Å². The molecule has 5 heteroatoms. The summed E-state index contributed by atoms with van der Waals surface area (Å²) in [6.07, 6.45) is 5.05. The topological polar surface area (TPSA) is 54.9 Å². The quantitative estimate of drug-likeness (QED) is 0.829. The summed E-state index contributed by atoms with van der Waals surface area (Å²) in [5.41, 5.74) is 1.58. The van der Waals surface area contributed by atoms with Crippen LogP contribution in [0.4, 0.5) is 0 Å². The van der Waals surface area contributed by atoms with Crippen LogP contribution in [-0.2, 0) is 0 Å². The van der Waals surface area contributed by atoms with Crippen molar-refractivity contribution >= 4 is 17.2 Å². The number of nitrogens with zero attached hydrogens (tertiary/aromatic N) is 2. The average molecular weight is 289 g/mol. The van der Waals surface area contributed by atoms with Crippen molar-refractivity contribution < 1.29 is 4.79 Å². The van der Waals surface area contributed by atoms with Crippen LogP contribution in [0.5, 0.6) is 0 Å². The summed E-state index contributed by atoms with van der Waals surface area (Å²) >= 11 is 1.40. The van der Waals surface area contributed by atoms with Crippen LogP contribution in [0.1, 0.15) is 41.6 Å². The standard InChI is InChI=1S/C15H19N3OS/c1-3-4-6-10-17-14(19)13-11(2)18-15(20-13)12-8-5-7-9-16-12/h5,7-9H,3-4,6,10H2,1-2H3,(H,17,19). The van der Waals surface area contributed by atoms with E-state index in [1.807, 2.05) is 25.1 Å². The second-order valence-electron chi connectivity index (χ2n) is 4.61. The van der Waals surface area contributed by atoms with Gasteiger partial charge in [0.2, 0.25) is 0 Å². The van der Waals surface area contributed by atoms with Gasteiger partial charge in [-0.25, -0.2) is 4.98 Å². The van der Waals surface area contributed by atoms with Crippen LogP contribution in [0.3, 0.4) is 0 Å². The smallest absolute Gasteiger partial charge is 0.263 e. The molecule has 4 nitrogen and oxygen atoms in total. The van der Waals surface area contributed by atoms with E-state index in [0.717, 1.165) is 42.2 Å². The van der Waals surface area contributed by atoms with Gasteiger partial charge in [0.1, 0.15) is 9.88 Å². The Bertz CT molecular complexity index is 566. The third kappa shape index (κ3) is 3.63. The molecule has 0 spiro atoms. The van der Waals surface area contributed by atoms with Crippen LogP contribution in [0.15, 0.2) is 24.4 Å². The highest BCUT2D eigenvalue weighted by Gasteiger charge is 2.16. The molecule has 106 valence electrons. The Balaban J connectivity index is 2.06. The lowest BCUT2D eigenvalue weighted by Gasteiger charge is -2.02. The number of thiazole rings is 1. The molecule has 2 heterocycles. The molecule has 0 fully saturated rings. The van der Waals surface area contributed by atoms with Gasteiger partial charge in [-0.3, -0.25) is 9.78 Å². The first-order valence-electron chi connectivity index (χ1n) is 6.89. The number of rotatable bonds is 6. The number of unbranched alkanes of at least 4 members (excludes halogenated alkanes) is 2. The van der Waals surface area contributed by atoms with Crippen molar-refractivity contribution in [1.82, 2.24) is 15.3 Å². The van der Waals surface area contributed by atoms with Crippen LogP contribution in [-0.4, -0.2) is 22.4 Å². The van der Waals surface area contributed by atoms with Crippen molar-refractivity contribution in [1.29, 1.82) is 0 Å². The number of amides is 1. The summed E-state index contributed by atoms with van der Waals surface area (Å²) in [7, 11) is 0. The van der Waals surface area contributed by atoms with E-state index < -0.39 is 0 Å². The van der Waals surface area contributed by atoms with Crippen molar-refractivity contribution in [2.45, 2.75) is 33.1 Å². The van der Waals surface area contributed by atoms with Crippen LogP contribution in [0.25, 0.3) is 10.7 Å². The number of carbonyl (C=O) groups excluding carboxylic acids is 1. The second kappa shape index (κ2) is 7.14. The number of nitrogens with one attached hydrogen (secondary N) is 1. The van der Waals surface area contributed by atoms with Gasteiger partial charge in [-0.1, -0.05) is 25.8 Å². The fraction of sp³-hybridized carbons (Fsp3) is 0.400. The lowest BCUT2D eigenvalue weighted by molar-refractivity contribution is 0.0956. The normalized spacial score (nSPS) is 10.5. The first-order valence-corrected chi connectivity index (χ1v) is 7.71.